The molecule has 2 rings (SSSR count). The maximum atomic E-state index is 5.97. The Morgan fingerprint density at radius 1 is 1.29 bits per heavy atom. The van der Waals surface area contributed by atoms with Crippen LogP contribution in [0.4, 0.5) is 0 Å². The third kappa shape index (κ3) is 2.81. The summed E-state index contributed by atoms with van der Waals surface area (Å²) >= 11 is 0. The van der Waals surface area contributed by atoms with Gasteiger partial charge in [0.25, 0.3) is 0 Å². The molecule has 2 N–H and O–H groups in total. The maximum absolute atomic E-state index is 5.97. The Hall–Kier alpha value is -0.160. The van der Waals surface area contributed by atoms with Crippen LogP contribution in [0.2, 0.25) is 0 Å². The zero-order chi connectivity index (χ0) is 12.5. The van der Waals surface area contributed by atoms with Crippen LogP contribution < -0.4 is 5.73 Å². The highest BCUT2D eigenvalue weighted by Gasteiger charge is 2.37. The van der Waals surface area contributed by atoms with Crippen molar-refractivity contribution in [3.63, 3.8) is 0 Å². The van der Waals surface area contributed by atoms with Crippen LogP contribution in [0.5, 0.6) is 0 Å². The molecule has 0 amide bonds. The Kier molecular flexibility index (Phi) is 4.08. The van der Waals surface area contributed by atoms with Crippen molar-refractivity contribution in [2.75, 3.05) is 46.4 Å². The second-order valence-corrected chi connectivity index (χ2v) is 6.06. The van der Waals surface area contributed by atoms with Crippen LogP contribution in [0.1, 0.15) is 20.3 Å². The number of hydrogen-bond donors (Lipinski definition) is 1. The molecule has 0 aromatic carbocycles. The van der Waals surface area contributed by atoms with Crippen LogP contribution in [0, 0.1) is 5.41 Å². The number of rotatable bonds is 3. The van der Waals surface area contributed by atoms with Gasteiger partial charge in [-0.1, -0.05) is 0 Å². The molecule has 2 aliphatic rings. The summed E-state index contributed by atoms with van der Waals surface area (Å²) in [6.45, 7) is 10.5. The molecule has 0 bridgehead atoms. The predicted octanol–water partition coefficient (Wildman–Crippen LogP) is 0.376. The van der Waals surface area contributed by atoms with Crippen molar-refractivity contribution in [3.05, 3.63) is 0 Å². The fourth-order valence-electron chi connectivity index (χ4n) is 3.12. The zero-order valence-electron chi connectivity index (χ0n) is 11.5. The summed E-state index contributed by atoms with van der Waals surface area (Å²) in [6, 6.07) is 1.27. The van der Waals surface area contributed by atoms with Crippen LogP contribution in [-0.2, 0) is 4.74 Å². The highest BCUT2D eigenvalue weighted by atomic mass is 16.5. The first-order valence-electron chi connectivity index (χ1n) is 6.78. The standard InChI is InChI=1S/C13H27N3O/c1-11-6-16(7-12(2)15(11)3)9-13(8-14)4-5-17-10-13/h11-12H,4-10,14H2,1-3H3. The van der Waals surface area contributed by atoms with E-state index in [4.69, 9.17) is 10.5 Å². The summed E-state index contributed by atoms with van der Waals surface area (Å²) in [5.74, 6) is 0. The third-order valence-corrected chi connectivity index (χ3v) is 4.61. The summed E-state index contributed by atoms with van der Waals surface area (Å²) in [5.41, 5.74) is 6.18. The van der Waals surface area contributed by atoms with Crippen molar-refractivity contribution in [2.24, 2.45) is 11.1 Å². The molecule has 0 spiro atoms. The molecular formula is C13H27N3O. The molecule has 3 unspecified atom stereocenters. The van der Waals surface area contributed by atoms with Crippen molar-refractivity contribution in [3.8, 4) is 0 Å². The Morgan fingerprint density at radius 3 is 2.41 bits per heavy atom. The molecule has 4 nitrogen and oxygen atoms in total. The lowest BCUT2D eigenvalue weighted by molar-refractivity contribution is 0.0290. The summed E-state index contributed by atoms with van der Waals surface area (Å²) in [5, 5.41) is 0. The molecule has 100 valence electrons. The van der Waals surface area contributed by atoms with E-state index in [1.165, 1.54) is 0 Å². The molecule has 2 aliphatic heterocycles. The van der Waals surface area contributed by atoms with Gasteiger partial charge < -0.3 is 10.5 Å². The van der Waals surface area contributed by atoms with Gasteiger partial charge in [-0.15, -0.1) is 0 Å². The Balaban J connectivity index is 1.94. The topological polar surface area (TPSA) is 41.7 Å². The Bertz CT molecular complexity index is 241. The van der Waals surface area contributed by atoms with Crippen LogP contribution in [0.15, 0.2) is 0 Å². The highest BCUT2D eigenvalue weighted by Crippen LogP contribution is 2.29. The summed E-state index contributed by atoms with van der Waals surface area (Å²) in [7, 11) is 2.23. The quantitative estimate of drug-likeness (QED) is 0.775. The van der Waals surface area contributed by atoms with Gasteiger partial charge in [-0.2, -0.15) is 0 Å². The van der Waals surface area contributed by atoms with Gasteiger partial charge in [0, 0.05) is 50.3 Å². The second kappa shape index (κ2) is 5.22. The normalized spacial score (nSPS) is 40.9. The van der Waals surface area contributed by atoms with Crippen molar-refractivity contribution in [2.45, 2.75) is 32.4 Å². The van der Waals surface area contributed by atoms with Crippen molar-refractivity contribution >= 4 is 0 Å². The first kappa shape index (κ1) is 13.3. The van der Waals surface area contributed by atoms with Crippen molar-refractivity contribution < 1.29 is 4.74 Å². The van der Waals surface area contributed by atoms with Crippen molar-refractivity contribution in [1.29, 1.82) is 0 Å². The number of piperazine rings is 1. The van der Waals surface area contributed by atoms with Crippen molar-refractivity contribution in [1.82, 2.24) is 9.80 Å². The van der Waals surface area contributed by atoms with E-state index in [0.29, 0.717) is 12.1 Å². The number of nitrogens with zero attached hydrogens (tertiary/aromatic N) is 2. The van der Waals surface area contributed by atoms with Crippen LogP contribution in [-0.4, -0.2) is 68.3 Å². The molecule has 4 heteroatoms. The van der Waals surface area contributed by atoms with Gasteiger partial charge in [-0.25, -0.2) is 0 Å². The second-order valence-electron chi connectivity index (χ2n) is 6.06. The van der Waals surface area contributed by atoms with E-state index < -0.39 is 0 Å². The van der Waals surface area contributed by atoms with Gasteiger partial charge in [-0.3, -0.25) is 9.80 Å². The molecule has 0 aromatic heterocycles. The fraction of sp³-hybridized carbons (Fsp3) is 1.00. The van der Waals surface area contributed by atoms with E-state index >= 15 is 0 Å². The lowest BCUT2D eigenvalue weighted by Gasteiger charge is -2.45. The lowest BCUT2D eigenvalue weighted by atomic mass is 9.86. The predicted molar refractivity (Wildman–Crippen MR) is 70.1 cm³/mol. The molecule has 17 heavy (non-hydrogen) atoms. The molecule has 0 aliphatic carbocycles. The van der Waals surface area contributed by atoms with Crippen LogP contribution >= 0.6 is 0 Å². The zero-order valence-corrected chi connectivity index (χ0v) is 11.5. The third-order valence-electron chi connectivity index (χ3n) is 4.61. The van der Waals surface area contributed by atoms with Gasteiger partial charge in [-0.05, 0) is 27.3 Å². The first-order valence-corrected chi connectivity index (χ1v) is 6.78. The average Bonchev–Trinajstić information content (AvgIpc) is 2.75. The molecular weight excluding hydrogens is 214 g/mol. The SMILES string of the molecule is CC1CN(CC2(CN)CCOC2)CC(C)N1C. The average molecular weight is 241 g/mol. The molecule has 0 aromatic rings. The molecule has 3 atom stereocenters. The Morgan fingerprint density at radius 2 is 1.94 bits per heavy atom. The molecule has 2 saturated heterocycles. The van der Waals surface area contributed by atoms with E-state index in [0.717, 1.165) is 45.8 Å². The minimum absolute atomic E-state index is 0.218. The van der Waals surface area contributed by atoms with E-state index in [1.54, 1.807) is 0 Å². The van der Waals surface area contributed by atoms with E-state index in [1.807, 2.05) is 0 Å². The van der Waals surface area contributed by atoms with Crippen LogP contribution in [0.25, 0.3) is 0 Å². The first-order chi connectivity index (χ1) is 8.06. The van der Waals surface area contributed by atoms with Crippen LogP contribution in [0.3, 0.4) is 0 Å². The summed E-state index contributed by atoms with van der Waals surface area (Å²) < 4.78 is 5.55. The van der Waals surface area contributed by atoms with Gasteiger partial charge in [0.1, 0.15) is 0 Å². The van der Waals surface area contributed by atoms with Gasteiger partial charge in [0.2, 0.25) is 0 Å². The number of hydrogen-bond acceptors (Lipinski definition) is 4. The molecule has 0 saturated carbocycles. The maximum Gasteiger partial charge on any atom is 0.0547 e. The summed E-state index contributed by atoms with van der Waals surface area (Å²) in [6.07, 6.45) is 1.12. The van der Waals surface area contributed by atoms with Gasteiger partial charge >= 0.3 is 0 Å². The van der Waals surface area contributed by atoms with Gasteiger partial charge in [0.05, 0.1) is 6.61 Å². The van der Waals surface area contributed by atoms with E-state index in [9.17, 15) is 0 Å². The molecule has 2 fully saturated rings. The number of nitrogens with two attached hydrogens (primary N) is 1. The highest BCUT2D eigenvalue weighted by molar-refractivity contribution is 4.91. The van der Waals surface area contributed by atoms with E-state index in [2.05, 4.69) is 30.7 Å². The van der Waals surface area contributed by atoms with E-state index in [-0.39, 0.29) is 5.41 Å². The largest absolute Gasteiger partial charge is 0.381 e. The Labute approximate surface area is 105 Å². The van der Waals surface area contributed by atoms with Gasteiger partial charge in [0.15, 0.2) is 0 Å². The lowest BCUT2D eigenvalue weighted by Crippen LogP contribution is -2.57. The number of ether oxygens (including phenoxy) is 1. The minimum atomic E-state index is 0.218. The fourth-order valence-corrected chi connectivity index (χ4v) is 3.12. The molecule has 0 radical (unpaired) electrons. The minimum Gasteiger partial charge on any atom is -0.381 e. The molecule has 2 heterocycles. The number of likely N-dealkylation sites (N-methyl/N-ethyl adjacent to an activating group) is 1. The summed E-state index contributed by atoms with van der Waals surface area (Å²) in [4.78, 5) is 5.05. The monoisotopic (exact) mass is 241 g/mol. The smallest absolute Gasteiger partial charge is 0.0547 e.